The highest BCUT2D eigenvalue weighted by Crippen LogP contribution is 2.23. The van der Waals surface area contributed by atoms with Crippen LogP contribution in [0.5, 0.6) is 0 Å². The lowest BCUT2D eigenvalue weighted by Crippen LogP contribution is -2.48. The fourth-order valence-electron chi connectivity index (χ4n) is 3.03. The predicted octanol–water partition coefficient (Wildman–Crippen LogP) is 1.29. The average Bonchev–Trinajstić information content (AvgIpc) is 2.52. The summed E-state index contributed by atoms with van der Waals surface area (Å²) in [6.07, 6.45) is 4.36. The van der Waals surface area contributed by atoms with Crippen molar-refractivity contribution in [3.63, 3.8) is 0 Å². The van der Waals surface area contributed by atoms with Gasteiger partial charge >= 0.3 is 0 Å². The summed E-state index contributed by atoms with van der Waals surface area (Å²) >= 11 is 1.97. The Labute approximate surface area is 133 Å². The van der Waals surface area contributed by atoms with E-state index in [9.17, 15) is 8.42 Å². The van der Waals surface area contributed by atoms with Crippen molar-refractivity contribution in [2.24, 2.45) is 11.8 Å². The van der Waals surface area contributed by atoms with Crippen LogP contribution in [-0.2, 0) is 10.2 Å². The maximum Gasteiger partial charge on any atom is 0.279 e. The molecule has 0 aliphatic carbocycles. The zero-order valence-electron chi connectivity index (χ0n) is 13.0. The summed E-state index contributed by atoms with van der Waals surface area (Å²) in [5.41, 5.74) is 0. The van der Waals surface area contributed by atoms with E-state index in [1.807, 2.05) is 11.8 Å². The Morgan fingerprint density at radius 3 is 2.62 bits per heavy atom. The summed E-state index contributed by atoms with van der Waals surface area (Å²) in [6.45, 7) is 5.88. The topological polar surface area (TPSA) is 61.4 Å². The Morgan fingerprint density at radius 1 is 1.14 bits per heavy atom. The molecule has 124 valence electrons. The number of piperidine rings is 1. The second-order valence-electron chi connectivity index (χ2n) is 6.08. The molecule has 1 unspecified atom stereocenters. The van der Waals surface area contributed by atoms with E-state index in [-0.39, 0.29) is 0 Å². The van der Waals surface area contributed by atoms with E-state index in [1.165, 1.54) is 11.5 Å². The first-order valence-electron chi connectivity index (χ1n) is 8.15. The van der Waals surface area contributed by atoms with Gasteiger partial charge in [-0.15, -0.1) is 0 Å². The Hall–Kier alpha value is 0.180. The summed E-state index contributed by atoms with van der Waals surface area (Å²) < 4.78 is 29.4. The predicted molar refractivity (Wildman–Crippen MR) is 89.8 cm³/mol. The third-order valence-electron chi connectivity index (χ3n) is 4.40. The standard InChI is InChI=1S/C14H29N3O2S2/c1-2-15-10-14-4-3-7-17(12-14)21(18,19)16-11-13-5-8-20-9-6-13/h13-16H,2-12H2,1H3. The van der Waals surface area contributed by atoms with Gasteiger partial charge in [-0.2, -0.15) is 24.5 Å². The van der Waals surface area contributed by atoms with E-state index >= 15 is 0 Å². The maximum atomic E-state index is 12.4. The minimum atomic E-state index is -3.29. The third kappa shape index (κ3) is 5.71. The second kappa shape index (κ2) is 8.72. The van der Waals surface area contributed by atoms with Crippen molar-refractivity contribution >= 4 is 22.0 Å². The van der Waals surface area contributed by atoms with Crippen molar-refractivity contribution in [2.45, 2.75) is 32.6 Å². The van der Waals surface area contributed by atoms with Gasteiger partial charge in [-0.3, -0.25) is 0 Å². The molecule has 0 amide bonds. The quantitative estimate of drug-likeness (QED) is 0.736. The molecule has 2 aliphatic heterocycles. The molecule has 1 atom stereocenters. The number of thioether (sulfide) groups is 1. The van der Waals surface area contributed by atoms with E-state index in [0.29, 0.717) is 31.5 Å². The van der Waals surface area contributed by atoms with Crippen molar-refractivity contribution in [1.29, 1.82) is 0 Å². The van der Waals surface area contributed by atoms with E-state index < -0.39 is 10.2 Å². The molecule has 2 saturated heterocycles. The van der Waals surface area contributed by atoms with Crippen molar-refractivity contribution < 1.29 is 8.42 Å². The van der Waals surface area contributed by atoms with Gasteiger partial charge in [0.05, 0.1) is 0 Å². The van der Waals surface area contributed by atoms with Gasteiger partial charge in [0, 0.05) is 19.6 Å². The molecule has 0 aromatic heterocycles. The number of hydrogen-bond donors (Lipinski definition) is 2. The van der Waals surface area contributed by atoms with Crippen molar-refractivity contribution in [3.8, 4) is 0 Å². The first kappa shape index (κ1) is 17.5. The van der Waals surface area contributed by atoms with Gasteiger partial charge in [0.1, 0.15) is 0 Å². The molecule has 0 spiro atoms. The molecule has 2 rings (SSSR count). The summed E-state index contributed by atoms with van der Waals surface area (Å²) in [7, 11) is -3.29. The van der Waals surface area contributed by atoms with E-state index in [2.05, 4.69) is 17.0 Å². The lowest BCUT2D eigenvalue weighted by atomic mass is 10.00. The largest absolute Gasteiger partial charge is 0.317 e. The normalized spacial score (nSPS) is 26.0. The van der Waals surface area contributed by atoms with Crippen LogP contribution in [0.15, 0.2) is 0 Å². The number of rotatable bonds is 7. The van der Waals surface area contributed by atoms with Crippen LogP contribution in [0.4, 0.5) is 0 Å². The smallest absolute Gasteiger partial charge is 0.279 e. The maximum absolute atomic E-state index is 12.4. The summed E-state index contributed by atoms with van der Waals surface area (Å²) in [5.74, 6) is 3.30. The van der Waals surface area contributed by atoms with E-state index in [1.54, 1.807) is 4.31 Å². The minimum absolute atomic E-state index is 0.446. The van der Waals surface area contributed by atoms with Crippen LogP contribution < -0.4 is 10.0 Å². The molecule has 5 nitrogen and oxygen atoms in total. The van der Waals surface area contributed by atoms with Crippen molar-refractivity contribution in [3.05, 3.63) is 0 Å². The highest BCUT2D eigenvalue weighted by Gasteiger charge is 2.29. The molecular weight excluding hydrogens is 306 g/mol. The summed E-state index contributed by atoms with van der Waals surface area (Å²) in [6, 6.07) is 0. The molecule has 0 aromatic rings. The Morgan fingerprint density at radius 2 is 1.90 bits per heavy atom. The lowest BCUT2D eigenvalue weighted by molar-refractivity contribution is 0.258. The molecule has 0 saturated carbocycles. The fourth-order valence-corrected chi connectivity index (χ4v) is 5.63. The lowest BCUT2D eigenvalue weighted by Gasteiger charge is -2.32. The molecule has 2 heterocycles. The molecule has 21 heavy (non-hydrogen) atoms. The van der Waals surface area contributed by atoms with Crippen LogP contribution in [-0.4, -0.2) is 57.0 Å². The Kier molecular flexibility index (Phi) is 7.28. The van der Waals surface area contributed by atoms with Crippen LogP contribution in [0.1, 0.15) is 32.6 Å². The molecule has 0 radical (unpaired) electrons. The minimum Gasteiger partial charge on any atom is -0.317 e. The van der Waals surface area contributed by atoms with Crippen molar-refractivity contribution in [1.82, 2.24) is 14.3 Å². The zero-order valence-corrected chi connectivity index (χ0v) is 14.6. The number of nitrogens with one attached hydrogen (secondary N) is 2. The Bertz CT molecular complexity index is 397. The van der Waals surface area contributed by atoms with Gasteiger partial charge < -0.3 is 5.32 Å². The highest BCUT2D eigenvalue weighted by atomic mass is 32.2. The van der Waals surface area contributed by atoms with Gasteiger partial charge in [0.25, 0.3) is 10.2 Å². The molecule has 7 heteroatoms. The molecule has 2 N–H and O–H groups in total. The molecule has 2 fully saturated rings. The number of hydrogen-bond acceptors (Lipinski definition) is 4. The van der Waals surface area contributed by atoms with Gasteiger partial charge in [0.2, 0.25) is 0 Å². The first-order valence-corrected chi connectivity index (χ1v) is 10.7. The Balaban J connectivity index is 1.80. The highest BCUT2D eigenvalue weighted by molar-refractivity contribution is 7.99. The van der Waals surface area contributed by atoms with Gasteiger partial charge in [-0.05, 0) is 62.1 Å². The monoisotopic (exact) mass is 335 g/mol. The first-order chi connectivity index (χ1) is 10.1. The average molecular weight is 336 g/mol. The van der Waals surface area contributed by atoms with Crippen LogP contribution in [0.3, 0.4) is 0 Å². The molecule has 0 aromatic carbocycles. The fraction of sp³-hybridized carbons (Fsp3) is 1.00. The van der Waals surface area contributed by atoms with Gasteiger partial charge in [-0.1, -0.05) is 6.92 Å². The third-order valence-corrected chi connectivity index (χ3v) is 6.99. The van der Waals surface area contributed by atoms with Crippen LogP contribution in [0.2, 0.25) is 0 Å². The molecule has 2 aliphatic rings. The van der Waals surface area contributed by atoms with Crippen molar-refractivity contribution in [2.75, 3.05) is 44.2 Å². The van der Waals surface area contributed by atoms with E-state index in [0.717, 1.165) is 38.8 Å². The van der Waals surface area contributed by atoms with Gasteiger partial charge in [-0.25, -0.2) is 4.72 Å². The van der Waals surface area contributed by atoms with E-state index in [4.69, 9.17) is 0 Å². The van der Waals surface area contributed by atoms with Crippen LogP contribution >= 0.6 is 11.8 Å². The second-order valence-corrected chi connectivity index (χ2v) is 9.06. The summed E-state index contributed by atoms with van der Waals surface area (Å²) in [5, 5.41) is 3.33. The zero-order chi connectivity index (χ0) is 15.1. The van der Waals surface area contributed by atoms with Crippen LogP contribution in [0.25, 0.3) is 0 Å². The summed E-state index contributed by atoms with van der Waals surface area (Å²) in [4.78, 5) is 0. The molecule has 0 bridgehead atoms. The molecular formula is C14H29N3O2S2. The number of nitrogens with zero attached hydrogens (tertiary/aromatic N) is 1. The SMILES string of the molecule is CCNCC1CCCN(S(=O)(=O)NCC2CCSCC2)C1. The van der Waals surface area contributed by atoms with Crippen LogP contribution in [0, 0.1) is 11.8 Å². The van der Waals surface area contributed by atoms with Gasteiger partial charge in [0.15, 0.2) is 0 Å².